The molecule has 0 fully saturated rings. The fourth-order valence-electron chi connectivity index (χ4n) is 2.92. The van der Waals surface area contributed by atoms with Gasteiger partial charge in [0.25, 0.3) is 5.56 Å². The third-order valence-electron chi connectivity index (χ3n) is 4.36. The third kappa shape index (κ3) is 6.20. The van der Waals surface area contributed by atoms with Crippen LogP contribution in [0, 0.1) is 11.3 Å². The second-order valence-electron chi connectivity index (χ2n) is 7.22. The Labute approximate surface area is 195 Å². The molecule has 0 aliphatic rings. The second-order valence-corrected chi connectivity index (χ2v) is 7.22. The number of H-pyrrole nitrogens is 1. The summed E-state index contributed by atoms with van der Waals surface area (Å²) in [5, 5.41) is 13.4. The second kappa shape index (κ2) is 11.3. The number of hydrazone groups is 1. The van der Waals surface area contributed by atoms with Crippen LogP contribution in [0.1, 0.15) is 25.0 Å². The number of hydrogen-bond donors (Lipinski definition) is 2. The molecule has 0 amide bonds. The minimum absolute atomic E-state index is 0.0784. The molecule has 2 aromatic carbocycles. The van der Waals surface area contributed by atoms with Crippen molar-refractivity contribution >= 4 is 18.1 Å². The van der Waals surface area contributed by atoms with Gasteiger partial charge in [-0.15, -0.1) is 0 Å². The minimum atomic E-state index is -0.576. The molecule has 10 heteroatoms. The van der Waals surface area contributed by atoms with Gasteiger partial charge in [-0.25, -0.2) is 15.2 Å². The van der Waals surface area contributed by atoms with Gasteiger partial charge in [-0.1, -0.05) is 30.3 Å². The Hall–Kier alpha value is -4.65. The van der Waals surface area contributed by atoms with Crippen molar-refractivity contribution in [2.24, 2.45) is 5.10 Å². The molecule has 0 radical (unpaired) electrons. The van der Waals surface area contributed by atoms with Gasteiger partial charge >= 0.3 is 5.97 Å². The van der Waals surface area contributed by atoms with Crippen molar-refractivity contribution < 1.29 is 19.0 Å². The Bertz CT molecular complexity index is 1280. The Morgan fingerprint density at radius 2 is 2.00 bits per heavy atom. The number of carbonyl (C=O) groups excluding carboxylic acids is 1. The number of ether oxygens (including phenoxy) is 3. The van der Waals surface area contributed by atoms with Crippen molar-refractivity contribution in [2.75, 3.05) is 19.1 Å². The highest BCUT2D eigenvalue weighted by atomic mass is 16.6. The first-order valence-electron chi connectivity index (χ1n) is 10.3. The average Bonchev–Trinajstić information content (AvgIpc) is 2.83. The predicted octanol–water partition coefficient (Wildman–Crippen LogP) is 3.09. The van der Waals surface area contributed by atoms with E-state index in [2.05, 4.69) is 20.5 Å². The topological polar surface area (TPSA) is 139 Å². The van der Waals surface area contributed by atoms with E-state index < -0.39 is 11.5 Å². The van der Waals surface area contributed by atoms with E-state index in [1.54, 1.807) is 56.3 Å². The van der Waals surface area contributed by atoms with Crippen LogP contribution in [-0.2, 0) is 9.53 Å². The zero-order valence-electron chi connectivity index (χ0n) is 18.9. The van der Waals surface area contributed by atoms with Gasteiger partial charge in [0.2, 0.25) is 5.95 Å². The van der Waals surface area contributed by atoms with Crippen molar-refractivity contribution in [2.45, 2.75) is 20.0 Å². The van der Waals surface area contributed by atoms with Gasteiger partial charge in [0.15, 0.2) is 18.1 Å². The smallest absolute Gasteiger partial charge is 0.344 e. The zero-order valence-corrected chi connectivity index (χ0v) is 18.9. The van der Waals surface area contributed by atoms with Crippen LogP contribution < -0.4 is 20.5 Å². The molecular formula is C24H23N5O5. The van der Waals surface area contributed by atoms with Crippen LogP contribution >= 0.6 is 0 Å². The van der Waals surface area contributed by atoms with E-state index in [4.69, 9.17) is 14.2 Å². The van der Waals surface area contributed by atoms with Crippen molar-refractivity contribution in [1.82, 2.24) is 9.97 Å². The highest BCUT2D eigenvalue weighted by molar-refractivity contribution is 5.81. The SMILES string of the molecule is COc1cc(C=NNc2nc(-c3ccccc3)c(C#N)c(=O)[nH]2)ccc1OCC(=O)OC(C)C. The van der Waals surface area contributed by atoms with Gasteiger partial charge in [-0.3, -0.25) is 9.78 Å². The minimum Gasteiger partial charge on any atom is -0.493 e. The van der Waals surface area contributed by atoms with Crippen molar-refractivity contribution in [1.29, 1.82) is 5.26 Å². The van der Waals surface area contributed by atoms with Gasteiger partial charge in [0.05, 0.1) is 25.1 Å². The molecule has 2 N–H and O–H groups in total. The lowest BCUT2D eigenvalue weighted by Crippen LogP contribution is -2.18. The van der Waals surface area contributed by atoms with Crippen LogP contribution in [0.2, 0.25) is 0 Å². The lowest BCUT2D eigenvalue weighted by Gasteiger charge is -2.12. The zero-order chi connectivity index (χ0) is 24.5. The summed E-state index contributed by atoms with van der Waals surface area (Å²) in [7, 11) is 1.48. The van der Waals surface area contributed by atoms with Crippen LogP contribution in [0.15, 0.2) is 58.4 Å². The predicted molar refractivity (Wildman–Crippen MR) is 126 cm³/mol. The molecule has 0 saturated carbocycles. The molecule has 0 unspecified atom stereocenters. The molecule has 0 atom stereocenters. The summed E-state index contributed by atoms with van der Waals surface area (Å²) >= 11 is 0. The number of nitriles is 1. The molecule has 0 bridgehead atoms. The van der Waals surface area contributed by atoms with Gasteiger partial charge in [-0.05, 0) is 37.6 Å². The van der Waals surface area contributed by atoms with Gasteiger partial charge < -0.3 is 14.2 Å². The molecule has 0 spiro atoms. The van der Waals surface area contributed by atoms with E-state index >= 15 is 0 Å². The number of carbonyl (C=O) groups is 1. The van der Waals surface area contributed by atoms with E-state index in [-0.39, 0.29) is 29.9 Å². The number of nitrogens with one attached hydrogen (secondary N) is 2. The average molecular weight is 461 g/mol. The Balaban J connectivity index is 1.74. The van der Waals surface area contributed by atoms with E-state index in [1.807, 2.05) is 12.1 Å². The number of aromatic amines is 1. The Kier molecular flexibility index (Phi) is 7.97. The number of nitrogens with zero attached hydrogens (tertiary/aromatic N) is 3. The number of rotatable bonds is 9. The third-order valence-corrected chi connectivity index (χ3v) is 4.36. The number of methoxy groups -OCH3 is 1. The summed E-state index contributed by atoms with van der Waals surface area (Å²) in [6.45, 7) is 3.27. The number of benzene rings is 2. The fraction of sp³-hybridized carbons (Fsp3) is 0.208. The maximum atomic E-state index is 12.3. The van der Waals surface area contributed by atoms with Gasteiger partial charge in [0, 0.05) is 5.56 Å². The molecule has 3 aromatic rings. The van der Waals surface area contributed by atoms with Crippen LogP contribution in [0.25, 0.3) is 11.3 Å². The van der Waals surface area contributed by atoms with Crippen LogP contribution in [0.5, 0.6) is 11.5 Å². The largest absolute Gasteiger partial charge is 0.493 e. The molecule has 1 aromatic heterocycles. The molecule has 0 aliphatic heterocycles. The summed E-state index contributed by atoms with van der Waals surface area (Å²) in [6.07, 6.45) is 1.26. The highest BCUT2D eigenvalue weighted by Crippen LogP contribution is 2.27. The van der Waals surface area contributed by atoms with Crippen molar-refractivity contribution in [3.63, 3.8) is 0 Å². The molecule has 10 nitrogen and oxygen atoms in total. The van der Waals surface area contributed by atoms with Gasteiger partial charge in [-0.2, -0.15) is 10.4 Å². The van der Waals surface area contributed by atoms with Crippen molar-refractivity contribution in [3.05, 3.63) is 70.0 Å². The Morgan fingerprint density at radius 1 is 1.24 bits per heavy atom. The van der Waals surface area contributed by atoms with E-state index in [0.29, 0.717) is 22.6 Å². The molecule has 1 heterocycles. The van der Waals surface area contributed by atoms with Crippen LogP contribution in [0.3, 0.4) is 0 Å². The number of aromatic nitrogens is 2. The number of esters is 1. The van der Waals surface area contributed by atoms with Crippen LogP contribution in [0.4, 0.5) is 5.95 Å². The van der Waals surface area contributed by atoms with Gasteiger partial charge in [0.1, 0.15) is 11.6 Å². The highest BCUT2D eigenvalue weighted by Gasteiger charge is 2.13. The molecular weight excluding hydrogens is 438 g/mol. The molecule has 34 heavy (non-hydrogen) atoms. The van der Waals surface area contributed by atoms with Crippen LogP contribution in [-0.4, -0.2) is 42.0 Å². The number of anilines is 1. The monoisotopic (exact) mass is 461 g/mol. The maximum Gasteiger partial charge on any atom is 0.344 e. The summed E-state index contributed by atoms with van der Waals surface area (Å²) in [4.78, 5) is 30.8. The molecule has 0 aliphatic carbocycles. The lowest BCUT2D eigenvalue weighted by molar-refractivity contribution is -0.149. The fourth-order valence-corrected chi connectivity index (χ4v) is 2.92. The molecule has 0 saturated heterocycles. The van der Waals surface area contributed by atoms with E-state index in [9.17, 15) is 14.9 Å². The summed E-state index contributed by atoms with van der Waals surface area (Å²) in [5.41, 5.74) is 3.55. The molecule has 174 valence electrons. The molecule has 3 rings (SSSR count). The quantitative estimate of drug-likeness (QED) is 0.282. The van der Waals surface area contributed by atoms with E-state index in [1.165, 1.54) is 13.3 Å². The normalized spacial score (nSPS) is 10.7. The maximum absolute atomic E-state index is 12.3. The van der Waals surface area contributed by atoms with E-state index in [0.717, 1.165) is 0 Å². The standard InChI is InChI=1S/C24H23N5O5/c1-15(2)34-21(30)14-33-19-10-9-16(11-20(19)32-3)13-26-29-24-27-22(17-7-5-4-6-8-17)18(12-25)23(31)28-24/h4-11,13,15H,14H2,1-3H3,(H2,27,28,29,31). The van der Waals surface area contributed by atoms with Crippen molar-refractivity contribution in [3.8, 4) is 28.8 Å². The Morgan fingerprint density at radius 3 is 2.68 bits per heavy atom. The first kappa shape index (κ1) is 24.0. The lowest BCUT2D eigenvalue weighted by atomic mass is 10.1. The summed E-state index contributed by atoms with van der Waals surface area (Å²) in [6, 6.07) is 15.8. The summed E-state index contributed by atoms with van der Waals surface area (Å²) < 4.78 is 15.8. The number of hydrogen-bond acceptors (Lipinski definition) is 9. The summed E-state index contributed by atoms with van der Waals surface area (Å²) in [5.74, 6) is 0.372. The first-order valence-corrected chi connectivity index (χ1v) is 10.3. The first-order chi connectivity index (χ1) is 16.4.